The molecule has 0 saturated carbocycles. The van der Waals surface area contributed by atoms with E-state index in [9.17, 15) is 4.79 Å². The van der Waals surface area contributed by atoms with Crippen molar-refractivity contribution in [3.8, 4) is 16.9 Å². The minimum absolute atomic E-state index is 0.0856. The van der Waals surface area contributed by atoms with Crippen LogP contribution in [0.5, 0.6) is 5.75 Å². The van der Waals surface area contributed by atoms with Crippen molar-refractivity contribution >= 4 is 27.9 Å². The number of fused-ring (bicyclic) bond motifs is 2. The molecular formula is C15H14N2O2S. The fourth-order valence-corrected chi connectivity index (χ4v) is 4.16. The van der Waals surface area contributed by atoms with Gasteiger partial charge in [0.1, 0.15) is 5.75 Å². The molecule has 20 heavy (non-hydrogen) atoms. The summed E-state index contributed by atoms with van der Waals surface area (Å²) >= 11 is 1.70. The molecule has 0 unspecified atom stereocenters. The Balaban J connectivity index is 1.84. The quantitative estimate of drug-likeness (QED) is 0.847. The van der Waals surface area contributed by atoms with Gasteiger partial charge in [-0.3, -0.25) is 4.79 Å². The summed E-state index contributed by atoms with van der Waals surface area (Å²) in [5, 5.41) is 3.72. The molecule has 4 rings (SSSR count). The molecule has 1 aliphatic heterocycles. The number of nitrogen functional groups attached to an aromatic ring is 1. The Morgan fingerprint density at radius 2 is 2.20 bits per heavy atom. The lowest BCUT2D eigenvalue weighted by atomic mass is 10.0. The second-order valence-electron chi connectivity index (χ2n) is 5.14. The van der Waals surface area contributed by atoms with E-state index in [1.165, 1.54) is 16.9 Å². The van der Waals surface area contributed by atoms with Gasteiger partial charge in [0.2, 0.25) is 0 Å². The Kier molecular flexibility index (Phi) is 2.50. The normalized spacial score (nSPS) is 16.3. The van der Waals surface area contributed by atoms with Crippen LogP contribution in [0.1, 0.15) is 16.9 Å². The number of rotatable bonds is 1. The van der Waals surface area contributed by atoms with E-state index < -0.39 is 0 Å². The molecule has 5 heteroatoms. The van der Waals surface area contributed by atoms with Crippen molar-refractivity contribution < 1.29 is 9.53 Å². The summed E-state index contributed by atoms with van der Waals surface area (Å²) in [5.74, 6) is 0.608. The van der Waals surface area contributed by atoms with Crippen LogP contribution in [-0.2, 0) is 17.6 Å². The molecule has 3 N–H and O–H groups in total. The fourth-order valence-electron chi connectivity index (χ4n) is 2.98. The first-order valence-corrected chi connectivity index (χ1v) is 7.51. The van der Waals surface area contributed by atoms with E-state index in [1.807, 2.05) is 18.2 Å². The molecule has 0 radical (unpaired) electrons. The molecule has 0 fully saturated rings. The number of nitrogens with one attached hydrogen (secondary N) is 1. The van der Waals surface area contributed by atoms with Gasteiger partial charge in [0.05, 0.1) is 10.7 Å². The summed E-state index contributed by atoms with van der Waals surface area (Å²) in [4.78, 5) is 12.8. The lowest BCUT2D eigenvalue weighted by molar-refractivity contribution is -0.118. The van der Waals surface area contributed by atoms with Gasteiger partial charge in [0, 0.05) is 10.4 Å². The lowest BCUT2D eigenvalue weighted by Gasteiger charge is -2.18. The average Bonchev–Trinajstić information content (AvgIpc) is 2.97. The Morgan fingerprint density at radius 1 is 1.30 bits per heavy atom. The highest BCUT2D eigenvalue weighted by Crippen LogP contribution is 2.45. The zero-order valence-corrected chi connectivity index (χ0v) is 11.7. The molecule has 1 aromatic carbocycles. The third-order valence-electron chi connectivity index (χ3n) is 3.85. The smallest absolute Gasteiger partial charge is 0.262 e. The largest absolute Gasteiger partial charge is 0.482 e. The summed E-state index contributed by atoms with van der Waals surface area (Å²) in [7, 11) is 0. The van der Waals surface area contributed by atoms with Gasteiger partial charge in [-0.25, -0.2) is 0 Å². The zero-order chi connectivity index (χ0) is 13.7. The maximum Gasteiger partial charge on any atom is 0.262 e. The number of benzene rings is 1. The summed E-state index contributed by atoms with van der Waals surface area (Å²) in [6.07, 6.45) is 3.44. The predicted octanol–water partition coefficient (Wildman–Crippen LogP) is 2.82. The highest BCUT2D eigenvalue weighted by atomic mass is 32.1. The standard InChI is InChI=1S/C15H14N2O2S/c16-15-14(9-2-1-3-12(9)20-15)8-4-5-11-10(6-8)17-13(18)7-19-11/h4-6H,1-3,7,16H2,(H,17,18). The number of anilines is 2. The van der Waals surface area contributed by atoms with Crippen LogP contribution in [0.3, 0.4) is 0 Å². The van der Waals surface area contributed by atoms with Gasteiger partial charge in [-0.1, -0.05) is 6.07 Å². The van der Waals surface area contributed by atoms with Crippen molar-refractivity contribution in [2.45, 2.75) is 19.3 Å². The lowest BCUT2D eigenvalue weighted by Crippen LogP contribution is -2.25. The van der Waals surface area contributed by atoms with E-state index in [2.05, 4.69) is 5.32 Å². The maximum atomic E-state index is 11.4. The highest BCUT2D eigenvalue weighted by Gasteiger charge is 2.23. The molecule has 4 nitrogen and oxygen atoms in total. The molecular weight excluding hydrogens is 272 g/mol. The minimum atomic E-state index is -0.113. The first-order chi connectivity index (χ1) is 9.72. The molecule has 2 aliphatic rings. The second kappa shape index (κ2) is 4.24. The van der Waals surface area contributed by atoms with Crippen LogP contribution in [0.15, 0.2) is 18.2 Å². The van der Waals surface area contributed by atoms with Gasteiger partial charge in [-0.05, 0) is 42.5 Å². The number of ether oxygens (including phenoxy) is 1. The van der Waals surface area contributed by atoms with Crippen molar-refractivity contribution in [1.29, 1.82) is 0 Å². The third kappa shape index (κ3) is 1.70. The van der Waals surface area contributed by atoms with Crippen LogP contribution >= 0.6 is 11.3 Å². The van der Waals surface area contributed by atoms with Crippen molar-refractivity contribution in [3.63, 3.8) is 0 Å². The number of amides is 1. The van der Waals surface area contributed by atoms with E-state index in [0.29, 0.717) is 0 Å². The van der Waals surface area contributed by atoms with E-state index >= 15 is 0 Å². The average molecular weight is 286 g/mol. The van der Waals surface area contributed by atoms with Crippen LogP contribution in [0.25, 0.3) is 11.1 Å². The van der Waals surface area contributed by atoms with Crippen molar-refractivity contribution in [1.82, 2.24) is 0 Å². The predicted molar refractivity (Wildman–Crippen MR) is 80.3 cm³/mol. The molecule has 102 valence electrons. The van der Waals surface area contributed by atoms with Crippen LogP contribution in [0.4, 0.5) is 10.7 Å². The number of aryl methyl sites for hydroxylation is 1. The molecule has 0 spiro atoms. The van der Waals surface area contributed by atoms with E-state index in [0.717, 1.165) is 40.4 Å². The minimum Gasteiger partial charge on any atom is -0.482 e. The number of hydrogen-bond donors (Lipinski definition) is 2. The maximum absolute atomic E-state index is 11.4. The van der Waals surface area contributed by atoms with E-state index in [1.54, 1.807) is 11.3 Å². The van der Waals surface area contributed by atoms with Crippen LogP contribution in [0, 0.1) is 0 Å². The summed E-state index contributed by atoms with van der Waals surface area (Å²) in [6, 6.07) is 5.89. The topological polar surface area (TPSA) is 64.3 Å². The molecule has 0 atom stereocenters. The Labute approximate surface area is 120 Å². The van der Waals surface area contributed by atoms with Crippen LogP contribution < -0.4 is 15.8 Å². The molecule has 1 amide bonds. The van der Waals surface area contributed by atoms with Gasteiger partial charge in [0.25, 0.3) is 5.91 Å². The summed E-state index contributed by atoms with van der Waals surface area (Å²) in [5.41, 5.74) is 10.5. The van der Waals surface area contributed by atoms with Gasteiger partial charge in [-0.2, -0.15) is 0 Å². The number of nitrogens with two attached hydrogens (primary N) is 1. The molecule has 2 heterocycles. The number of thiophene rings is 1. The van der Waals surface area contributed by atoms with Crippen LogP contribution in [0.2, 0.25) is 0 Å². The first-order valence-electron chi connectivity index (χ1n) is 6.69. The highest BCUT2D eigenvalue weighted by molar-refractivity contribution is 7.16. The van der Waals surface area contributed by atoms with Crippen molar-refractivity contribution in [2.75, 3.05) is 17.7 Å². The number of carbonyl (C=O) groups excluding carboxylic acids is 1. The monoisotopic (exact) mass is 286 g/mol. The van der Waals surface area contributed by atoms with Crippen molar-refractivity contribution in [2.24, 2.45) is 0 Å². The summed E-state index contributed by atoms with van der Waals surface area (Å²) < 4.78 is 5.39. The second-order valence-corrected chi connectivity index (χ2v) is 6.28. The zero-order valence-electron chi connectivity index (χ0n) is 10.9. The Morgan fingerprint density at radius 3 is 3.10 bits per heavy atom. The van der Waals surface area contributed by atoms with Crippen LogP contribution in [-0.4, -0.2) is 12.5 Å². The van der Waals surface area contributed by atoms with Crippen molar-refractivity contribution in [3.05, 3.63) is 28.6 Å². The van der Waals surface area contributed by atoms with E-state index in [4.69, 9.17) is 10.5 Å². The number of carbonyl (C=O) groups is 1. The molecule has 2 aromatic rings. The third-order valence-corrected chi connectivity index (χ3v) is 4.97. The Bertz CT molecular complexity index is 721. The SMILES string of the molecule is Nc1sc2c(c1-c1ccc3c(c1)NC(=O)CO3)CCC2. The van der Waals surface area contributed by atoms with Gasteiger partial charge < -0.3 is 15.8 Å². The molecule has 1 aromatic heterocycles. The summed E-state index contributed by atoms with van der Waals surface area (Å²) in [6.45, 7) is 0.0856. The van der Waals surface area contributed by atoms with Gasteiger partial charge in [-0.15, -0.1) is 11.3 Å². The first kappa shape index (κ1) is 11.8. The molecule has 0 bridgehead atoms. The molecule has 1 aliphatic carbocycles. The van der Waals surface area contributed by atoms with Gasteiger partial charge in [0.15, 0.2) is 6.61 Å². The number of hydrogen-bond acceptors (Lipinski definition) is 4. The van der Waals surface area contributed by atoms with Gasteiger partial charge >= 0.3 is 0 Å². The fraction of sp³-hybridized carbons (Fsp3) is 0.267. The Hall–Kier alpha value is -2.01. The van der Waals surface area contributed by atoms with E-state index in [-0.39, 0.29) is 12.5 Å². The molecule has 0 saturated heterocycles.